The molecule has 1 heterocycles. The predicted molar refractivity (Wildman–Crippen MR) is 74.8 cm³/mol. The van der Waals surface area contributed by atoms with E-state index in [2.05, 4.69) is 15.9 Å². The summed E-state index contributed by atoms with van der Waals surface area (Å²) in [5, 5.41) is 0. The van der Waals surface area contributed by atoms with Crippen LogP contribution in [0.4, 0.5) is 10.5 Å². The summed E-state index contributed by atoms with van der Waals surface area (Å²) in [6, 6.07) is 5.84. The highest BCUT2D eigenvalue weighted by Crippen LogP contribution is 2.32. The molecule has 2 N–H and O–H groups in total. The van der Waals surface area contributed by atoms with Gasteiger partial charge in [-0.25, -0.2) is 4.79 Å². The number of aryl methyl sites for hydroxylation is 1. The molecule has 1 unspecified atom stereocenters. The molecule has 18 heavy (non-hydrogen) atoms. The average molecular weight is 313 g/mol. The lowest BCUT2D eigenvalue weighted by Crippen LogP contribution is -2.33. The lowest BCUT2D eigenvalue weighted by molar-refractivity contribution is 0.0672. The van der Waals surface area contributed by atoms with Crippen molar-refractivity contribution in [1.29, 1.82) is 0 Å². The number of amides is 1. The molecule has 1 aromatic rings. The van der Waals surface area contributed by atoms with Crippen LogP contribution < -0.4 is 10.6 Å². The molecule has 2 rings (SSSR count). The smallest absolute Gasteiger partial charge is 0.415 e. The van der Waals surface area contributed by atoms with E-state index in [4.69, 9.17) is 10.5 Å². The van der Waals surface area contributed by atoms with Gasteiger partial charge in [-0.1, -0.05) is 22.0 Å². The van der Waals surface area contributed by atoms with Gasteiger partial charge in [-0.15, -0.1) is 0 Å². The van der Waals surface area contributed by atoms with E-state index in [9.17, 15) is 4.79 Å². The van der Waals surface area contributed by atoms with Crippen molar-refractivity contribution in [2.75, 3.05) is 18.0 Å². The molecule has 1 aliphatic rings. The second-order valence-electron chi connectivity index (χ2n) is 4.88. The van der Waals surface area contributed by atoms with Crippen LogP contribution in [0.2, 0.25) is 0 Å². The molecular weight excluding hydrogens is 296 g/mol. The maximum atomic E-state index is 11.9. The summed E-state index contributed by atoms with van der Waals surface area (Å²) < 4.78 is 6.40. The van der Waals surface area contributed by atoms with Gasteiger partial charge < -0.3 is 10.5 Å². The number of carbonyl (C=O) groups is 1. The van der Waals surface area contributed by atoms with Crippen molar-refractivity contribution in [3.63, 3.8) is 0 Å². The lowest BCUT2D eigenvalue weighted by Gasteiger charge is -2.20. The predicted octanol–water partition coefficient (Wildman–Crippen LogP) is 2.82. The number of rotatable bonds is 3. The number of nitrogens with two attached hydrogens (primary N) is 1. The van der Waals surface area contributed by atoms with Crippen LogP contribution in [-0.2, 0) is 4.74 Å². The summed E-state index contributed by atoms with van der Waals surface area (Å²) in [6.07, 6.45) is 0.365. The molecule has 0 radical (unpaired) electrons. The number of nitrogens with zero attached hydrogens (tertiary/aromatic N) is 1. The van der Waals surface area contributed by atoms with E-state index in [0.29, 0.717) is 19.5 Å². The topological polar surface area (TPSA) is 55.6 Å². The molecule has 98 valence electrons. The van der Waals surface area contributed by atoms with E-state index in [-0.39, 0.29) is 6.09 Å². The van der Waals surface area contributed by atoms with Crippen LogP contribution in [0.25, 0.3) is 0 Å². The highest BCUT2D eigenvalue weighted by atomic mass is 79.9. The number of carbonyl (C=O) groups excluding carboxylic acids is 1. The van der Waals surface area contributed by atoms with Gasteiger partial charge in [0, 0.05) is 16.6 Å². The van der Waals surface area contributed by atoms with E-state index in [0.717, 1.165) is 15.7 Å². The fourth-order valence-corrected chi connectivity index (χ4v) is 2.45. The molecule has 4 nitrogen and oxygen atoms in total. The third-order valence-electron chi connectivity index (χ3n) is 3.19. The zero-order chi connectivity index (χ0) is 13.3. The van der Waals surface area contributed by atoms with Crippen LogP contribution >= 0.6 is 15.9 Å². The van der Waals surface area contributed by atoms with Crippen molar-refractivity contribution in [2.24, 2.45) is 5.73 Å². The molecule has 1 aromatic carbocycles. The molecular formula is C13H17BrN2O2. The van der Waals surface area contributed by atoms with Crippen molar-refractivity contribution in [2.45, 2.75) is 25.9 Å². The molecule has 1 atom stereocenters. The molecule has 0 bridgehead atoms. The van der Waals surface area contributed by atoms with Gasteiger partial charge in [0.1, 0.15) is 5.60 Å². The summed E-state index contributed by atoms with van der Waals surface area (Å²) in [5.74, 6) is 0. The van der Waals surface area contributed by atoms with Gasteiger partial charge in [0.25, 0.3) is 0 Å². The number of hydrogen-bond acceptors (Lipinski definition) is 3. The molecule has 1 amide bonds. The number of ether oxygens (including phenoxy) is 1. The van der Waals surface area contributed by atoms with E-state index in [1.807, 2.05) is 32.0 Å². The van der Waals surface area contributed by atoms with Crippen LogP contribution in [-0.4, -0.2) is 24.8 Å². The van der Waals surface area contributed by atoms with E-state index >= 15 is 0 Å². The molecule has 1 fully saturated rings. The largest absolute Gasteiger partial charge is 0.441 e. The number of cyclic esters (lactones) is 1. The quantitative estimate of drug-likeness (QED) is 0.933. The first-order valence-corrected chi connectivity index (χ1v) is 6.71. The van der Waals surface area contributed by atoms with Crippen molar-refractivity contribution in [3.05, 3.63) is 28.2 Å². The van der Waals surface area contributed by atoms with Crippen LogP contribution in [0.1, 0.15) is 18.9 Å². The van der Waals surface area contributed by atoms with Crippen molar-refractivity contribution < 1.29 is 9.53 Å². The Bertz CT molecular complexity index is 478. The highest BCUT2D eigenvalue weighted by molar-refractivity contribution is 9.10. The van der Waals surface area contributed by atoms with E-state index in [1.54, 1.807) is 4.90 Å². The number of hydrogen-bond donors (Lipinski definition) is 1. The lowest BCUT2D eigenvalue weighted by atomic mass is 10.0. The Morgan fingerprint density at radius 2 is 2.28 bits per heavy atom. The zero-order valence-electron chi connectivity index (χ0n) is 10.6. The summed E-state index contributed by atoms with van der Waals surface area (Å²) in [6.45, 7) is 4.98. The van der Waals surface area contributed by atoms with Gasteiger partial charge in [-0.3, -0.25) is 4.90 Å². The highest BCUT2D eigenvalue weighted by Gasteiger charge is 2.41. The second kappa shape index (κ2) is 4.90. The van der Waals surface area contributed by atoms with Gasteiger partial charge in [-0.2, -0.15) is 0 Å². The number of benzene rings is 1. The molecule has 5 heteroatoms. The zero-order valence-corrected chi connectivity index (χ0v) is 12.2. The monoisotopic (exact) mass is 312 g/mol. The van der Waals surface area contributed by atoms with Crippen LogP contribution in [0.15, 0.2) is 22.7 Å². The van der Waals surface area contributed by atoms with Gasteiger partial charge >= 0.3 is 6.09 Å². The normalized spacial score (nSPS) is 23.3. The van der Waals surface area contributed by atoms with Crippen molar-refractivity contribution >= 4 is 27.7 Å². The van der Waals surface area contributed by atoms with Gasteiger partial charge in [-0.05, 0) is 38.1 Å². The summed E-state index contributed by atoms with van der Waals surface area (Å²) in [7, 11) is 0. The average Bonchev–Trinajstić information content (AvgIpc) is 2.59. The van der Waals surface area contributed by atoms with Crippen molar-refractivity contribution in [1.82, 2.24) is 0 Å². The molecule has 0 spiro atoms. The molecule has 0 saturated carbocycles. The van der Waals surface area contributed by atoms with Crippen LogP contribution in [0, 0.1) is 6.92 Å². The van der Waals surface area contributed by atoms with Crippen LogP contribution in [0.5, 0.6) is 0 Å². The third-order valence-corrected chi connectivity index (χ3v) is 4.04. The fourth-order valence-electron chi connectivity index (χ4n) is 2.08. The van der Waals surface area contributed by atoms with Gasteiger partial charge in [0.05, 0.1) is 6.54 Å². The molecule has 0 aromatic heterocycles. The first-order chi connectivity index (χ1) is 8.45. The van der Waals surface area contributed by atoms with Crippen molar-refractivity contribution in [3.8, 4) is 0 Å². The minimum absolute atomic E-state index is 0.304. The van der Waals surface area contributed by atoms with Gasteiger partial charge in [0.15, 0.2) is 0 Å². The summed E-state index contributed by atoms with van der Waals surface area (Å²) >= 11 is 3.47. The summed E-state index contributed by atoms with van der Waals surface area (Å²) in [4.78, 5) is 13.6. The second-order valence-corrected chi connectivity index (χ2v) is 5.73. The Balaban J connectivity index is 2.24. The molecule has 0 aliphatic carbocycles. The maximum absolute atomic E-state index is 11.9. The van der Waals surface area contributed by atoms with E-state index in [1.165, 1.54) is 0 Å². The van der Waals surface area contributed by atoms with E-state index < -0.39 is 5.60 Å². The third kappa shape index (κ3) is 2.52. The van der Waals surface area contributed by atoms with Crippen LogP contribution in [0.3, 0.4) is 0 Å². The maximum Gasteiger partial charge on any atom is 0.415 e. The minimum atomic E-state index is -0.483. The first-order valence-electron chi connectivity index (χ1n) is 5.92. The number of halogens is 1. The Morgan fingerprint density at radius 3 is 2.89 bits per heavy atom. The Morgan fingerprint density at radius 1 is 1.56 bits per heavy atom. The standard InChI is InChI=1S/C13H17BrN2O2/c1-9-3-4-10(7-11(9)14)16-8-13(2,5-6-15)18-12(16)17/h3-4,7H,5-6,8,15H2,1-2H3. The number of anilines is 1. The van der Waals surface area contributed by atoms with Gasteiger partial charge in [0.2, 0.25) is 0 Å². The Kier molecular flexibility index (Phi) is 3.64. The Labute approximate surface area is 115 Å². The Hall–Kier alpha value is -1.07. The minimum Gasteiger partial charge on any atom is -0.441 e. The SMILES string of the molecule is Cc1ccc(N2CC(C)(CCN)OC2=O)cc1Br. The molecule has 1 saturated heterocycles. The summed E-state index contributed by atoms with van der Waals surface area (Å²) in [5.41, 5.74) is 7.05. The molecule has 1 aliphatic heterocycles. The fraction of sp³-hybridized carbons (Fsp3) is 0.462. The first kappa shape index (κ1) is 13.4.